The molecule has 0 aliphatic rings. The van der Waals surface area contributed by atoms with Gasteiger partial charge in [-0.1, -0.05) is 17.7 Å². The highest BCUT2D eigenvalue weighted by atomic mass is 35.5. The number of hydrogen-bond donors (Lipinski definition) is 2. The third kappa shape index (κ3) is 5.17. The van der Waals surface area contributed by atoms with Crippen LogP contribution in [0.1, 0.15) is 0 Å². The topological polar surface area (TPSA) is 74.6 Å². The van der Waals surface area contributed by atoms with Crippen molar-refractivity contribution in [2.45, 2.75) is 0 Å². The number of hydrogen-bond acceptors (Lipinski definition) is 2. The average Bonchev–Trinajstić information content (AvgIpc) is 1.86. The second kappa shape index (κ2) is 4.51. The molecule has 0 heterocycles. The quantitative estimate of drug-likeness (QED) is 0.494. The molecule has 0 fully saturated rings. The highest BCUT2D eigenvalue weighted by Crippen LogP contribution is 2.00. The van der Waals surface area contributed by atoms with Crippen LogP contribution in [-0.4, -0.2) is 22.2 Å². The molecule has 0 saturated heterocycles. The van der Waals surface area contributed by atoms with Gasteiger partial charge >= 0.3 is 11.9 Å². The van der Waals surface area contributed by atoms with Crippen molar-refractivity contribution in [3.8, 4) is 0 Å². The predicted octanol–water partition coefficient (Wildman–Crippen LogP) is 0.835. The van der Waals surface area contributed by atoms with Crippen LogP contribution in [0.25, 0.3) is 0 Å². The monoisotopic (exact) mass is 176 g/mol. The third-order valence-electron chi connectivity index (χ3n) is 0.686. The highest BCUT2D eigenvalue weighted by molar-refractivity contribution is 6.41. The van der Waals surface area contributed by atoms with Gasteiger partial charge in [0.2, 0.25) is 0 Å². The molecule has 0 spiro atoms. The Morgan fingerprint density at radius 3 is 2.18 bits per heavy atom. The first-order valence-corrected chi connectivity index (χ1v) is 2.92. The van der Waals surface area contributed by atoms with E-state index < -0.39 is 17.0 Å². The average molecular weight is 177 g/mol. The highest BCUT2D eigenvalue weighted by Gasteiger charge is 1.98. The fraction of sp³-hybridized carbons (Fsp3) is 0. The largest absolute Gasteiger partial charge is 0.478 e. The molecule has 0 rings (SSSR count). The number of halogens is 1. The van der Waals surface area contributed by atoms with Crippen LogP contribution in [-0.2, 0) is 9.59 Å². The Morgan fingerprint density at radius 1 is 1.27 bits per heavy atom. The Morgan fingerprint density at radius 2 is 1.82 bits per heavy atom. The molecule has 60 valence electrons. The summed E-state index contributed by atoms with van der Waals surface area (Å²) in [6.45, 7) is 0. The molecule has 0 aliphatic heterocycles. The van der Waals surface area contributed by atoms with E-state index in [2.05, 4.69) is 0 Å². The Bertz CT molecular complexity index is 229. The van der Waals surface area contributed by atoms with Gasteiger partial charge in [0, 0.05) is 6.08 Å². The van der Waals surface area contributed by atoms with Crippen LogP contribution in [0.3, 0.4) is 0 Å². The van der Waals surface area contributed by atoms with Crippen molar-refractivity contribution in [1.82, 2.24) is 0 Å². The predicted molar refractivity (Wildman–Crippen MR) is 38.3 cm³/mol. The zero-order valence-corrected chi connectivity index (χ0v) is 6.08. The van der Waals surface area contributed by atoms with E-state index in [4.69, 9.17) is 21.8 Å². The number of aliphatic carboxylic acids is 2. The molecule has 11 heavy (non-hydrogen) atoms. The van der Waals surface area contributed by atoms with Gasteiger partial charge in [-0.3, -0.25) is 0 Å². The van der Waals surface area contributed by atoms with Crippen LogP contribution in [0.2, 0.25) is 0 Å². The molecule has 0 aliphatic carbocycles. The Labute approximate surface area is 67.4 Å². The number of carbonyl (C=O) groups is 2. The second-order valence-electron chi connectivity index (χ2n) is 1.52. The van der Waals surface area contributed by atoms with E-state index in [1.165, 1.54) is 0 Å². The zero-order valence-electron chi connectivity index (χ0n) is 5.32. The van der Waals surface area contributed by atoms with Crippen LogP contribution in [0.15, 0.2) is 23.3 Å². The fourth-order valence-electron chi connectivity index (χ4n) is 0.286. The molecular formula is C6H5ClO4. The van der Waals surface area contributed by atoms with Crippen LogP contribution < -0.4 is 0 Å². The smallest absolute Gasteiger partial charge is 0.347 e. The normalized spacial score (nSPS) is 11.9. The molecule has 0 aromatic heterocycles. The lowest BCUT2D eigenvalue weighted by Crippen LogP contribution is -1.92. The molecule has 4 nitrogen and oxygen atoms in total. The molecule has 0 bridgehead atoms. The Hall–Kier alpha value is -1.29. The van der Waals surface area contributed by atoms with Crippen molar-refractivity contribution >= 4 is 23.5 Å². The zero-order chi connectivity index (χ0) is 8.85. The van der Waals surface area contributed by atoms with Crippen molar-refractivity contribution in [2.24, 2.45) is 0 Å². The molecule has 0 aromatic carbocycles. The van der Waals surface area contributed by atoms with Crippen LogP contribution >= 0.6 is 11.6 Å². The molecule has 5 heteroatoms. The molecule has 0 aromatic rings. The van der Waals surface area contributed by atoms with Gasteiger partial charge in [-0.2, -0.15) is 0 Å². The molecule has 0 amide bonds. The first-order valence-electron chi connectivity index (χ1n) is 2.54. The number of allylic oxidation sites excluding steroid dienone is 2. The first kappa shape index (κ1) is 9.71. The summed E-state index contributed by atoms with van der Waals surface area (Å²) >= 11 is 5.12. The van der Waals surface area contributed by atoms with Gasteiger partial charge < -0.3 is 10.2 Å². The van der Waals surface area contributed by atoms with Gasteiger partial charge in [0.25, 0.3) is 0 Å². The standard InChI is InChI=1S/C6H5ClO4/c7-4(6(10)11)2-1-3-5(8)9/h1-3H,(H,8,9)(H,10,11). The molecule has 0 saturated carbocycles. The number of carboxylic acids is 2. The van der Waals surface area contributed by atoms with E-state index in [1.54, 1.807) is 0 Å². The third-order valence-corrected chi connectivity index (χ3v) is 0.973. The molecule has 0 unspecified atom stereocenters. The molecule has 0 radical (unpaired) electrons. The van der Waals surface area contributed by atoms with Gasteiger partial charge in [-0.15, -0.1) is 0 Å². The van der Waals surface area contributed by atoms with Gasteiger partial charge in [0.05, 0.1) is 0 Å². The van der Waals surface area contributed by atoms with Crippen molar-refractivity contribution in [3.05, 3.63) is 23.3 Å². The lowest BCUT2D eigenvalue weighted by atomic mass is 10.4. The molecular weight excluding hydrogens is 172 g/mol. The van der Waals surface area contributed by atoms with E-state index in [0.717, 1.165) is 18.2 Å². The second-order valence-corrected chi connectivity index (χ2v) is 1.92. The SMILES string of the molecule is O=C(O)C=CC=C(Cl)C(=O)O. The van der Waals surface area contributed by atoms with Gasteiger partial charge in [-0.05, 0) is 6.08 Å². The molecule has 0 atom stereocenters. The summed E-state index contributed by atoms with van der Waals surface area (Å²) < 4.78 is 0. The minimum absolute atomic E-state index is 0.428. The first-order chi connectivity index (χ1) is 5.04. The summed E-state index contributed by atoms with van der Waals surface area (Å²) in [5, 5.41) is 15.8. The van der Waals surface area contributed by atoms with E-state index in [9.17, 15) is 9.59 Å². The number of carboxylic acid groups (broad SMARTS) is 2. The summed E-state index contributed by atoms with van der Waals surface area (Å²) in [7, 11) is 0. The van der Waals surface area contributed by atoms with E-state index in [1.807, 2.05) is 0 Å². The maximum atomic E-state index is 9.99. The van der Waals surface area contributed by atoms with Crippen LogP contribution in [0, 0.1) is 0 Å². The minimum atomic E-state index is -1.29. The fourth-order valence-corrected chi connectivity index (χ4v) is 0.359. The van der Waals surface area contributed by atoms with E-state index in [0.29, 0.717) is 0 Å². The summed E-state index contributed by atoms with van der Waals surface area (Å²) in [6, 6.07) is 0. The van der Waals surface area contributed by atoms with Crippen molar-refractivity contribution < 1.29 is 19.8 Å². The van der Waals surface area contributed by atoms with Crippen LogP contribution in [0.4, 0.5) is 0 Å². The van der Waals surface area contributed by atoms with Gasteiger partial charge in [0.15, 0.2) is 0 Å². The van der Waals surface area contributed by atoms with E-state index >= 15 is 0 Å². The van der Waals surface area contributed by atoms with Crippen LogP contribution in [0.5, 0.6) is 0 Å². The Balaban J connectivity index is 4.13. The molecule has 2 N–H and O–H groups in total. The maximum Gasteiger partial charge on any atom is 0.347 e. The van der Waals surface area contributed by atoms with Gasteiger partial charge in [-0.25, -0.2) is 9.59 Å². The lowest BCUT2D eigenvalue weighted by molar-refractivity contribution is -0.132. The van der Waals surface area contributed by atoms with E-state index in [-0.39, 0.29) is 0 Å². The summed E-state index contributed by atoms with van der Waals surface area (Å²) in [4.78, 5) is 19.8. The van der Waals surface area contributed by atoms with Gasteiger partial charge in [0.1, 0.15) is 5.03 Å². The van der Waals surface area contributed by atoms with Crippen molar-refractivity contribution in [3.63, 3.8) is 0 Å². The lowest BCUT2D eigenvalue weighted by Gasteiger charge is -1.83. The summed E-state index contributed by atoms with van der Waals surface area (Å²) in [6.07, 6.45) is 2.81. The maximum absolute atomic E-state index is 9.99. The minimum Gasteiger partial charge on any atom is -0.478 e. The van der Waals surface area contributed by atoms with Crippen molar-refractivity contribution in [2.75, 3.05) is 0 Å². The Kier molecular flexibility index (Phi) is 3.98. The summed E-state index contributed by atoms with van der Waals surface area (Å²) in [5.74, 6) is -2.45. The number of rotatable bonds is 3. The summed E-state index contributed by atoms with van der Waals surface area (Å²) in [5.41, 5.74) is 0. The van der Waals surface area contributed by atoms with Crippen molar-refractivity contribution in [1.29, 1.82) is 0 Å².